The highest BCUT2D eigenvalue weighted by atomic mass is 32.2. The predicted octanol–water partition coefficient (Wildman–Crippen LogP) is 1.98. The first-order valence-electron chi connectivity index (χ1n) is 6.44. The fraction of sp³-hybridized carbons (Fsp3) is 1.00. The van der Waals surface area contributed by atoms with Crippen molar-refractivity contribution >= 4 is 9.84 Å². The Morgan fingerprint density at radius 3 is 2.50 bits per heavy atom. The quantitative estimate of drug-likeness (QED) is 0.756. The van der Waals surface area contributed by atoms with E-state index in [4.69, 9.17) is 0 Å². The van der Waals surface area contributed by atoms with E-state index in [9.17, 15) is 8.42 Å². The van der Waals surface area contributed by atoms with Crippen LogP contribution in [-0.2, 0) is 9.84 Å². The fourth-order valence-corrected chi connectivity index (χ4v) is 3.36. The van der Waals surface area contributed by atoms with Gasteiger partial charge in [-0.05, 0) is 31.7 Å². The summed E-state index contributed by atoms with van der Waals surface area (Å²) in [6.45, 7) is 3.11. The molecule has 2 unspecified atom stereocenters. The van der Waals surface area contributed by atoms with Crippen LogP contribution in [0.25, 0.3) is 0 Å². The van der Waals surface area contributed by atoms with Crippen molar-refractivity contribution in [3.05, 3.63) is 0 Å². The summed E-state index contributed by atoms with van der Waals surface area (Å²) in [6, 6.07) is 0.536. The third-order valence-electron chi connectivity index (χ3n) is 3.48. The zero-order chi connectivity index (χ0) is 12.0. The molecule has 1 rings (SSSR count). The van der Waals surface area contributed by atoms with Crippen LogP contribution in [0.5, 0.6) is 0 Å². The van der Waals surface area contributed by atoms with Gasteiger partial charge in [-0.2, -0.15) is 0 Å². The van der Waals surface area contributed by atoms with E-state index in [-0.39, 0.29) is 0 Å². The predicted molar refractivity (Wildman–Crippen MR) is 68.4 cm³/mol. The number of hydrogen-bond donors (Lipinski definition) is 1. The number of nitrogens with one attached hydrogen (secondary N) is 1. The number of rotatable bonds is 5. The van der Waals surface area contributed by atoms with Crippen molar-refractivity contribution in [1.29, 1.82) is 0 Å². The lowest BCUT2D eigenvalue weighted by Crippen LogP contribution is -2.36. The summed E-state index contributed by atoms with van der Waals surface area (Å²) in [4.78, 5) is 0. The van der Waals surface area contributed by atoms with E-state index >= 15 is 0 Å². The molecule has 0 heterocycles. The molecule has 0 bridgehead atoms. The Kier molecular flexibility index (Phi) is 5.76. The summed E-state index contributed by atoms with van der Waals surface area (Å²) >= 11 is 0. The van der Waals surface area contributed by atoms with Crippen LogP contribution in [-0.4, -0.2) is 33.0 Å². The first-order chi connectivity index (χ1) is 7.53. The van der Waals surface area contributed by atoms with Gasteiger partial charge in [0.2, 0.25) is 0 Å². The maximum atomic E-state index is 11.2. The van der Waals surface area contributed by atoms with E-state index in [1.165, 1.54) is 38.4 Å². The standard InChI is InChI=1S/C12H25NO2S/c1-3-13-12-8-6-4-5-7-11(12)9-10-16(2,14)15/h11-13H,3-10H2,1-2H3. The molecule has 96 valence electrons. The first kappa shape index (κ1) is 14.0. The molecule has 0 aromatic heterocycles. The highest BCUT2D eigenvalue weighted by Crippen LogP contribution is 2.26. The lowest BCUT2D eigenvalue weighted by atomic mass is 9.92. The topological polar surface area (TPSA) is 46.2 Å². The third-order valence-corrected chi connectivity index (χ3v) is 4.46. The molecule has 0 amide bonds. The molecule has 1 aliphatic rings. The van der Waals surface area contributed by atoms with Gasteiger partial charge in [0.15, 0.2) is 0 Å². The van der Waals surface area contributed by atoms with Crippen LogP contribution in [0, 0.1) is 5.92 Å². The molecule has 2 atom stereocenters. The second kappa shape index (κ2) is 6.60. The third kappa shape index (κ3) is 5.30. The van der Waals surface area contributed by atoms with Crippen molar-refractivity contribution < 1.29 is 8.42 Å². The summed E-state index contributed by atoms with van der Waals surface area (Å²) < 4.78 is 22.4. The van der Waals surface area contributed by atoms with Gasteiger partial charge < -0.3 is 5.32 Å². The molecule has 0 aromatic carbocycles. The van der Waals surface area contributed by atoms with E-state index in [0.29, 0.717) is 17.7 Å². The Morgan fingerprint density at radius 1 is 1.19 bits per heavy atom. The van der Waals surface area contributed by atoms with Crippen LogP contribution in [0.2, 0.25) is 0 Å². The molecule has 1 aliphatic carbocycles. The zero-order valence-electron chi connectivity index (χ0n) is 10.5. The van der Waals surface area contributed by atoms with Gasteiger partial charge in [0, 0.05) is 12.3 Å². The van der Waals surface area contributed by atoms with E-state index in [0.717, 1.165) is 13.0 Å². The van der Waals surface area contributed by atoms with Crippen LogP contribution in [0.1, 0.15) is 45.4 Å². The average molecular weight is 247 g/mol. The Labute approximate surface area is 99.9 Å². The Morgan fingerprint density at radius 2 is 1.88 bits per heavy atom. The molecule has 4 heteroatoms. The number of hydrogen-bond acceptors (Lipinski definition) is 3. The van der Waals surface area contributed by atoms with Crippen LogP contribution in [0.4, 0.5) is 0 Å². The normalized spacial score (nSPS) is 27.6. The van der Waals surface area contributed by atoms with Gasteiger partial charge in [-0.3, -0.25) is 0 Å². The minimum atomic E-state index is -2.80. The molecule has 0 aliphatic heterocycles. The SMILES string of the molecule is CCNC1CCCCCC1CCS(C)(=O)=O. The Balaban J connectivity index is 2.50. The molecule has 0 saturated heterocycles. The molecule has 0 aromatic rings. The Bertz CT molecular complexity index is 287. The average Bonchev–Trinajstić information content (AvgIpc) is 2.40. The van der Waals surface area contributed by atoms with Crippen LogP contribution < -0.4 is 5.32 Å². The zero-order valence-corrected chi connectivity index (χ0v) is 11.4. The second-order valence-electron chi connectivity index (χ2n) is 4.98. The molecule has 16 heavy (non-hydrogen) atoms. The molecule has 0 spiro atoms. The smallest absolute Gasteiger partial charge is 0.147 e. The van der Waals surface area contributed by atoms with Crippen molar-refractivity contribution in [2.75, 3.05) is 18.6 Å². The maximum absolute atomic E-state index is 11.2. The molecule has 0 radical (unpaired) electrons. The molecule has 1 fully saturated rings. The summed E-state index contributed by atoms with van der Waals surface area (Å²) in [5.74, 6) is 0.900. The summed E-state index contributed by atoms with van der Waals surface area (Å²) in [5, 5.41) is 3.52. The van der Waals surface area contributed by atoms with Gasteiger partial charge in [-0.1, -0.05) is 26.2 Å². The van der Waals surface area contributed by atoms with Crippen LogP contribution >= 0.6 is 0 Å². The van der Waals surface area contributed by atoms with Gasteiger partial charge in [0.05, 0.1) is 5.75 Å². The van der Waals surface area contributed by atoms with E-state index in [1.807, 2.05) is 0 Å². The van der Waals surface area contributed by atoms with E-state index in [1.54, 1.807) is 0 Å². The highest BCUT2D eigenvalue weighted by molar-refractivity contribution is 7.90. The van der Waals surface area contributed by atoms with Gasteiger partial charge in [0.25, 0.3) is 0 Å². The van der Waals surface area contributed by atoms with Crippen LogP contribution in [0.15, 0.2) is 0 Å². The molecular weight excluding hydrogens is 222 g/mol. The van der Waals surface area contributed by atoms with Crippen molar-refractivity contribution in [3.63, 3.8) is 0 Å². The second-order valence-corrected chi connectivity index (χ2v) is 7.24. The first-order valence-corrected chi connectivity index (χ1v) is 8.50. The molecule has 1 saturated carbocycles. The molecular formula is C12H25NO2S. The largest absolute Gasteiger partial charge is 0.314 e. The lowest BCUT2D eigenvalue weighted by molar-refractivity contribution is 0.331. The highest BCUT2D eigenvalue weighted by Gasteiger charge is 2.23. The van der Waals surface area contributed by atoms with Gasteiger partial charge in [0.1, 0.15) is 9.84 Å². The Hall–Kier alpha value is -0.0900. The fourth-order valence-electron chi connectivity index (χ4n) is 2.63. The van der Waals surface area contributed by atoms with E-state index < -0.39 is 9.84 Å². The minimum absolute atomic E-state index is 0.347. The van der Waals surface area contributed by atoms with Crippen molar-refractivity contribution in [3.8, 4) is 0 Å². The lowest BCUT2D eigenvalue weighted by Gasteiger charge is -2.25. The summed E-state index contributed by atoms with van der Waals surface area (Å²) in [6.07, 6.45) is 8.42. The van der Waals surface area contributed by atoms with Crippen molar-refractivity contribution in [1.82, 2.24) is 5.32 Å². The van der Waals surface area contributed by atoms with Gasteiger partial charge in [-0.15, -0.1) is 0 Å². The van der Waals surface area contributed by atoms with Gasteiger partial charge in [-0.25, -0.2) is 8.42 Å². The van der Waals surface area contributed by atoms with Crippen molar-refractivity contribution in [2.24, 2.45) is 5.92 Å². The van der Waals surface area contributed by atoms with Crippen molar-refractivity contribution in [2.45, 2.75) is 51.5 Å². The van der Waals surface area contributed by atoms with E-state index in [2.05, 4.69) is 12.2 Å². The minimum Gasteiger partial charge on any atom is -0.314 e. The monoisotopic (exact) mass is 247 g/mol. The van der Waals surface area contributed by atoms with Gasteiger partial charge >= 0.3 is 0 Å². The van der Waals surface area contributed by atoms with Crippen LogP contribution in [0.3, 0.4) is 0 Å². The molecule has 3 nitrogen and oxygen atoms in total. The summed E-state index contributed by atoms with van der Waals surface area (Å²) in [5.41, 5.74) is 0. The maximum Gasteiger partial charge on any atom is 0.147 e. The number of sulfone groups is 1. The summed E-state index contributed by atoms with van der Waals surface area (Å²) in [7, 11) is -2.80. The molecule has 1 N–H and O–H groups in total.